The highest BCUT2D eigenvalue weighted by atomic mass is 14.6. The summed E-state index contributed by atoms with van der Waals surface area (Å²) in [4.78, 5) is 3.98. The lowest BCUT2D eigenvalue weighted by Gasteiger charge is -1.98. The number of rotatable bonds is 2. The van der Waals surface area contributed by atoms with E-state index < -0.39 is 0 Å². The zero-order valence-corrected chi connectivity index (χ0v) is 7.12. The van der Waals surface area contributed by atoms with Gasteiger partial charge in [-0.05, 0) is 30.2 Å². The van der Waals surface area contributed by atoms with Crippen LogP contribution in [0.2, 0.25) is 0 Å². The van der Waals surface area contributed by atoms with Gasteiger partial charge >= 0.3 is 0 Å². The van der Waals surface area contributed by atoms with Crippen LogP contribution in [0.5, 0.6) is 0 Å². The second kappa shape index (κ2) is 3.72. The molecule has 0 spiro atoms. The number of hydrogen-bond donors (Lipinski definition) is 1. The van der Waals surface area contributed by atoms with Gasteiger partial charge in [-0.1, -0.05) is 12.6 Å². The van der Waals surface area contributed by atoms with E-state index in [1.807, 2.05) is 25.1 Å². The maximum atomic E-state index is 5.51. The van der Waals surface area contributed by atoms with Gasteiger partial charge in [0.05, 0.1) is 0 Å². The van der Waals surface area contributed by atoms with Crippen LogP contribution in [0.3, 0.4) is 0 Å². The molecule has 0 aliphatic carbocycles. The molecule has 0 aliphatic heterocycles. The van der Waals surface area contributed by atoms with Crippen molar-refractivity contribution in [3.63, 3.8) is 0 Å². The number of hydrogen-bond acceptors (Lipinski definition) is 2. The van der Waals surface area contributed by atoms with Crippen molar-refractivity contribution in [2.24, 2.45) is 5.73 Å². The van der Waals surface area contributed by atoms with Crippen LogP contribution in [0.4, 0.5) is 0 Å². The summed E-state index contributed by atoms with van der Waals surface area (Å²) in [7, 11) is 0. The van der Waals surface area contributed by atoms with Gasteiger partial charge in [0.1, 0.15) is 0 Å². The Morgan fingerprint density at radius 3 is 2.92 bits per heavy atom. The topological polar surface area (TPSA) is 38.9 Å². The molecule has 0 radical (unpaired) electrons. The first-order chi connectivity index (χ1) is 5.70. The van der Waals surface area contributed by atoms with Crippen LogP contribution in [-0.4, -0.2) is 4.98 Å². The summed E-state index contributed by atoms with van der Waals surface area (Å²) in [6.07, 6.45) is 5.33. The Labute approximate surface area is 72.4 Å². The molecule has 1 rings (SSSR count). The molecular formula is C10H12N2. The van der Waals surface area contributed by atoms with E-state index in [-0.39, 0.29) is 0 Å². The molecule has 2 nitrogen and oxygen atoms in total. The molecule has 1 aromatic rings. The minimum absolute atomic E-state index is 0.754. The summed E-state index contributed by atoms with van der Waals surface area (Å²) in [6, 6.07) is 3.83. The average molecular weight is 160 g/mol. The van der Waals surface area contributed by atoms with E-state index in [9.17, 15) is 0 Å². The lowest BCUT2D eigenvalue weighted by atomic mass is 10.1. The Balaban J connectivity index is 2.87. The normalized spacial score (nSPS) is 11.2. The average Bonchev–Trinajstić information content (AvgIpc) is 2.05. The molecule has 62 valence electrons. The molecule has 1 heterocycles. The van der Waals surface area contributed by atoms with Crippen molar-refractivity contribution in [2.45, 2.75) is 6.92 Å². The molecule has 0 fully saturated rings. The third-order valence-corrected chi connectivity index (χ3v) is 1.43. The third kappa shape index (κ3) is 2.23. The van der Waals surface area contributed by atoms with E-state index in [2.05, 4.69) is 11.6 Å². The number of pyridine rings is 1. The minimum atomic E-state index is 0.754. The number of nitrogens with zero attached hydrogens (tertiary/aromatic N) is 1. The van der Waals surface area contributed by atoms with Crippen LogP contribution in [0.15, 0.2) is 42.9 Å². The second-order valence-electron chi connectivity index (χ2n) is 2.66. The molecule has 0 amide bonds. The number of allylic oxidation sites excluding steroid dienone is 3. The molecule has 0 saturated heterocycles. The molecular weight excluding hydrogens is 148 g/mol. The first kappa shape index (κ1) is 8.53. The van der Waals surface area contributed by atoms with Gasteiger partial charge in [0.25, 0.3) is 0 Å². The van der Waals surface area contributed by atoms with E-state index in [0.717, 1.165) is 16.8 Å². The quantitative estimate of drug-likeness (QED) is 0.671. The monoisotopic (exact) mass is 160 g/mol. The predicted octanol–water partition coefficient (Wildman–Crippen LogP) is 1.96. The van der Waals surface area contributed by atoms with E-state index in [4.69, 9.17) is 5.73 Å². The maximum Gasteiger partial charge on any atom is 0.0346 e. The van der Waals surface area contributed by atoms with Gasteiger partial charge in [0, 0.05) is 18.1 Å². The van der Waals surface area contributed by atoms with Crippen LogP contribution in [-0.2, 0) is 0 Å². The van der Waals surface area contributed by atoms with Crippen molar-refractivity contribution in [3.05, 3.63) is 48.4 Å². The van der Waals surface area contributed by atoms with Crippen LogP contribution >= 0.6 is 0 Å². The van der Waals surface area contributed by atoms with Crippen molar-refractivity contribution in [3.8, 4) is 0 Å². The molecule has 0 atom stereocenters. The highest BCUT2D eigenvalue weighted by Crippen LogP contribution is 2.11. The minimum Gasteiger partial charge on any atom is -0.402 e. The van der Waals surface area contributed by atoms with Gasteiger partial charge in [-0.3, -0.25) is 4.98 Å². The summed E-state index contributed by atoms with van der Waals surface area (Å²) in [5.41, 5.74) is 8.16. The van der Waals surface area contributed by atoms with Crippen LogP contribution in [0.25, 0.3) is 5.57 Å². The van der Waals surface area contributed by atoms with Crippen LogP contribution < -0.4 is 5.73 Å². The first-order valence-electron chi connectivity index (χ1n) is 3.73. The third-order valence-electron chi connectivity index (χ3n) is 1.43. The van der Waals surface area contributed by atoms with Gasteiger partial charge in [-0.15, -0.1) is 0 Å². The summed E-state index contributed by atoms with van der Waals surface area (Å²) in [5, 5.41) is 0. The van der Waals surface area contributed by atoms with Crippen LogP contribution in [0, 0.1) is 0 Å². The molecule has 2 heteroatoms. The van der Waals surface area contributed by atoms with Crippen LogP contribution in [0.1, 0.15) is 12.5 Å². The number of aromatic nitrogens is 1. The van der Waals surface area contributed by atoms with Crippen molar-refractivity contribution < 1.29 is 0 Å². The Morgan fingerprint density at radius 1 is 1.67 bits per heavy atom. The maximum absolute atomic E-state index is 5.51. The Bertz CT molecular complexity index is 295. The predicted molar refractivity (Wildman–Crippen MR) is 51.2 cm³/mol. The largest absolute Gasteiger partial charge is 0.402 e. The zero-order chi connectivity index (χ0) is 8.97. The Morgan fingerprint density at radius 2 is 2.42 bits per heavy atom. The summed E-state index contributed by atoms with van der Waals surface area (Å²) < 4.78 is 0. The fourth-order valence-electron chi connectivity index (χ4n) is 0.911. The van der Waals surface area contributed by atoms with Crippen molar-refractivity contribution in [2.75, 3.05) is 0 Å². The summed E-state index contributed by atoms with van der Waals surface area (Å²) >= 11 is 0. The summed E-state index contributed by atoms with van der Waals surface area (Å²) in [5.74, 6) is 0. The molecule has 2 N–H and O–H groups in total. The van der Waals surface area contributed by atoms with Gasteiger partial charge in [0.15, 0.2) is 0 Å². The molecule has 0 aromatic carbocycles. The van der Waals surface area contributed by atoms with Gasteiger partial charge in [0.2, 0.25) is 0 Å². The van der Waals surface area contributed by atoms with E-state index >= 15 is 0 Å². The van der Waals surface area contributed by atoms with Crippen molar-refractivity contribution >= 4 is 5.57 Å². The van der Waals surface area contributed by atoms with E-state index in [0.29, 0.717) is 0 Å². The first-order valence-corrected chi connectivity index (χ1v) is 3.73. The molecule has 0 bridgehead atoms. The molecule has 0 aliphatic rings. The van der Waals surface area contributed by atoms with Gasteiger partial charge in [-0.2, -0.15) is 0 Å². The Kier molecular flexibility index (Phi) is 2.64. The SMILES string of the molecule is C=C(/C=C(\C)N)c1cccnc1. The summed E-state index contributed by atoms with van der Waals surface area (Å²) in [6.45, 7) is 5.70. The molecule has 0 unspecified atom stereocenters. The van der Waals surface area contributed by atoms with Crippen molar-refractivity contribution in [1.82, 2.24) is 4.98 Å². The lowest BCUT2D eigenvalue weighted by Crippen LogP contribution is -1.91. The van der Waals surface area contributed by atoms with Crippen molar-refractivity contribution in [1.29, 1.82) is 0 Å². The van der Waals surface area contributed by atoms with Gasteiger partial charge < -0.3 is 5.73 Å². The fourth-order valence-corrected chi connectivity index (χ4v) is 0.911. The van der Waals surface area contributed by atoms with Gasteiger partial charge in [-0.25, -0.2) is 0 Å². The zero-order valence-electron chi connectivity index (χ0n) is 7.12. The molecule has 1 aromatic heterocycles. The fraction of sp³-hybridized carbons (Fsp3) is 0.100. The number of nitrogens with two attached hydrogens (primary N) is 1. The molecule has 12 heavy (non-hydrogen) atoms. The smallest absolute Gasteiger partial charge is 0.0346 e. The second-order valence-corrected chi connectivity index (χ2v) is 2.66. The lowest BCUT2D eigenvalue weighted by molar-refractivity contribution is 1.29. The molecule has 0 saturated carbocycles. The van der Waals surface area contributed by atoms with E-state index in [1.165, 1.54) is 0 Å². The highest BCUT2D eigenvalue weighted by molar-refractivity contribution is 5.71. The highest BCUT2D eigenvalue weighted by Gasteiger charge is 1.93. The Hall–Kier alpha value is -1.57. The standard InChI is InChI=1S/C10H12N2/c1-8(6-9(2)11)10-4-3-5-12-7-10/h3-7H,1,11H2,2H3/b9-6+. The van der Waals surface area contributed by atoms with E-state index in [1.54, 1.807) is 12.4 Å².